The quantitative estimate of drug-likeness (QED) is 0.803. The van der Waals surface area contributed by atoms with Crippen molar-refractivity contribution in [3.05, 3.63) is 70.0 Å². The molecular formula is C21H24ClFN2O2. The molecule has 0 fully saturated rings. The molecule has 2 aromatic carbocycles. The lowest BCUT2D eigenvalue weighted by Gasteiger charge is -2.27. The molecule has 144 valence electrons. The predicted molar refractivity (Wildman–Crippen MR) is 105 cm³/mol. The van der Waals surface area contributed by atoms with Crippen molar-refractivity contribution < 1.29 is 14.0 Å². The van der Waals surface area contributed by atoms with Gasteiger partial charge in [0, 0.05) is 29.7 Å². The van der Waals surface area contributed by atoms with Gasteiger partial charge in [-0.3, -0.25) is 9.59 Å². The van der Waals surface area contributed by atoms with Crippen LogP contribution in [0.3, 0.4) is 0 Å². The number of halogens is 2. The molecule has 1 N–H and O–H groups in total. The molecule has 0 aliphatic carbocycles. The molecule has 0 saturated heterocycles. The van der Waals surface area contributed by atoms with E-state index in [-0.39, 0.29) is 34.9 Å². The Morgan fingerprint density at radius 1 is 1.15 bits per heavy atom. The molecule has 6 heteroatoms. The molecule has 0 aliphatic heterocycles. The molecule has 2 rings (SSSR count). The number of nitrogens with one attached hydrogen (secondary N) is 1. The fraction of sp³-hybridized carbons (Fsp3) is 0.333. The number of nitrogens with zero attached hydrogens (tertiary/aromatic N) is 1. The van der Waals surface area contributed by atoms with E-state index in [1.54, 1.807) is 25.2 Å². The molecule has 4 nitrogen and oxygen atoms in total. The van der Waals surface area contributed by atoms with E-state index in [4.69, 9.17) is 11.6 Å². The number of aryl methyl sites for hydroxylation is 1. The second kappa shape index (κ2) is 9.00. The minimum absolute atomic E-state index is 0.0216. The lowest BCUT2D eigenvalue weighted by molar-refractivity contribution is -0.133. The van der Waals surface area contributed by atoms with Gasteiger partial charge in [-0.25, -0.2) is 4.39 Å². The second-order valence-corrected chi connectivity index (χ2v) is 7.31. The van der Waals surface area contributed by atoms with E-state index in [1.165, 1.54) is 17.0 Å². The molecule has 0 saturated carbocycles. The zero-order valence-corrected chi connectivity index (χ0v) is 16.7. The van der Waals surface area contributed by atoms with Crippen molar-refractivity contribution in [3.8, 4) is 0 Å². The van der Waals surface area contributed by atoms with Gasteiger partial charge in [0.15, 0.2) is 0 Å². The van der Waals surface area contributed by atoms with Crippen LogP contribution in [0.25, 0.3) is 0 Å². The number of hydrogen-bond acceptors (Lipinski definition) is 2. The van der Waals surface area contributed by atoms with E-state index in [2.05, 4.69) is 5.32 Å². The van der Waals surface area contributed by atoms with Crippen molar-refractivity contribution in [2.45, 2.75) is 33.4 Å². The number of rotatable bonds is 6. The van der Waals surface area contributed by atoms with Crippen LogP contribution in [0, 0.1) is 18.7 Å². The van der Waals surface area contributed by atoms with Crippen molar-refractivity contribution >= 4 is 23.4 Å². The molecule has 27 heavy (non-hydrogen) atoms. The van der Waals surface area contributed by atoms with E-state index in [1.807, 2.05) is 32.9 Å². The molecular weight excluding hydrogens is 367 g/mol. The van der Waals surface area contributed by atoms with E-state index >= 15 is 0 Å². The highest BCUT2D eigenvalue weighted by Gasteiger charge is 2.28. The summed E-state index contributed by atoms with van der Waals surface area (Å²) in [6.07, 6.45) is 0. The summed E-state index contributed by atoms with van der Waals surface area (Å²) in [6, 6.07) is 10.9. The minimum atomic E-state index is -0.729. The smallest absolute Gasteiger partial charge is 0.252 e. The van der Waals surface area contributed by atoms with Gasteiger partial charge in [0.1, 0.15) is 11.9 Å². The number of amides is 2. The van der Waals surface area contributed by atoms with Crippen LogP contribution in [-0.4, -0.2) is 29.8 Å². The van der Waals surface area contributed by atoms with Gasteiger partial charge in [0.25, 0.3) is 5.91 Å². The first-order chi connectivity index (χ1) is 12.7. The Morgan fingerprint density at radius 2 is 1.81 bits per heavy atom. The average Bonchev–Trinajstić information content (AvgIpc) is 2.62. The van der Waals surface area contributed by atoms with Crippen LogP contribution in [0.15, 0.2) is 42.5 Å². The summed E-state index contributed by atoms with van der Waals surface area (Å²) >= 11 is 6.05. The predicted octanol–water partition coefficient (Wildman–Crippen LogP) is 4.20. The minimum Gasteiger partial charge on any atom is -0.340 e. The highest BCUT2D eigenvalue weighted by molar-refractivity contribution is 6.31. The van der Waals surface area contributed by atoms with Gasteiger partial charge in [-0.1, -0.05) is 49.7 Å². The molecule has 0 bridgehead atoms. The summed E-state index contributed by atoms with van der Waals surface area (Å²) in [5, 5.41) is 3.08. The van der Waals surface area contributed by atoms with E-state index in [9.17, 15) is 14.0 Å². The second-order valence-electron chi connectivity index (χ2n) is 6.90. The Hall–Kier alpha value is -2.40. The highest BCUT2D eigenvalue weighted by Crippen LogP contribution is 2.21. The summed E-state index contributed by atoms with van der Waals surface area (Å²) in [4.78, 5) is 26.9. The Balaban J connectivity index is 2.17. The Morgan fingerprint density at radius 3 is 2.41 bits per heavy atom. The lowest BCUT2D eigenvalue weighted by Crippen LogP contribution is -2.50. The largest absolute Gasteiger partial charge is 0.340 e. The van der Waals surface area contributed by atoms with Crippen LogP contribution in [0.2, 0.25) is 5.02 Å². The Bertz CT molecular complexity index is 818. The van der Waals surface area contributed by atoms with E-state index < -0.39 is 11.9 Å². The maximum Gasteiger partial charge on any atom is 0.252 e. The normalized spacial score (nSPS) is 12.0. The van der Waals surface area contributed by atoms with Crippen molar-refractivity contribution in [1.82, 2.24) is 10.2 Å². The molecule has 0 aliphatic rings. The fourth-order valence-corrected chi connectivity index (χ4v) is 3.02. The first kappa shape index (κ1) is 20.9. The summed E-state index contributed by atoms with van der Waals surface area (Å²) in [6.45, 7) is 5.57. The first-order valence-electron chi connectivity index (χ1n) is 8.76. The number of likely N-dealkylation sites (N-methyl/N-ethyl adjacent to an activating group) is 1. The molecule has 2 amide bonds. The van der Waals surface area contributed by atoms with Crippen LogP contribution in [-0.2, 0) is 11.3 Å². The van der Waals surface area contributed by atoms with Crippen LogP contribution in [0.1, 0.15) is 35.3 Å². The van der Waals surface area contributed by atoms with Crippen molar-refractivity contribution in [3.63, 3.8) is 0 Å². The Labute approximate surface area is 164 Å². The molecule has 1 atom stereocenters. The van der Waals surface area contributed by atoms with Gasteiger partial charge >= 0.3 is 0 Å². The zero-order chi connectivity index (χ0) is 20.1. The molecule has 0 heterocycles. The van der Waals surface area contributed by atoms with Gasteiger partial charge < -0.3 is 10.2 Å². The third-order valence-corrected chi connectivity index (χ3v) is 4.80. The van der Waals surface area contributed by atoms with Gasteiger partial charge in [-0.15, -0.1) is 0 Å². The molecule has 0 spiro atoms. The van der Waals surface area contributed by atoms with Crippen molar-refractivity contribution in [2.75, 3.05) is 7.05 Å². The fourth-order valence-electron chi connectivity index (χ4n) is 2.80. The zero-order valence-electron chi connectivity index (χ0n) is 15.9. The first-order valence-corrected chi connectivity index (χ1v) is 9.14. The topological polar surface area (TPSA) is 49.4 Å². The van der Waals surface area contributed by atoms with Gasteiger partial charge in [-0.2, -0.15) is 0 Å². The number of hydrogen-bond donors (Lipinski definition) is 1. The van der Waals surface area contributed by atoms with E-state index in [0.717, 1.165) is 5.56 Å². The number of carbonyl (C=O) groups is 2. The standard InChI is InChI=1S/C21H24ClFN2O2/c1-13(2)19(24-20(26)15-9-6-5-8-14(15)3)21(27)25(4)12-16-17(22)10-7-11-18(16)23/h5-11,13,19H,12H2,1-4H3,(H,24,26). The Kier molecular flexibility index (Phi) is 6.97. The summed E-state index contributed by atoms with van der Waals surface area (Å²) < 4.78 is 14.0. The molecule has 2 aromatic rings. The molecule has 1 unspecified atom stereocenters. The van der Waals surface area contributed by atoms with Crippen LogP contribution >= 0.6 is 11.6 Å². The van der Waals surface area contributed by atoms with Crippen LogP contribution in [0.5, 0.6) is 0 Å². The van der Waals surface area contributed by atoms with Gasteiger partial charge in [-0.05, 0) is 36.6 Å². The summed E-state index contributed by atoms with van der Waals surface area (Å²) in [5.41, 5.74) is 1.61. The maximum absolute atomic E-state index is 14.0. The highest BCUT2D eigenvalue weighted by atomic mass is 35.5. The third kappa shape index (κ3) is 5.07. The van der Waals surface area contributed by atoms with Gasteiger partial charge in [0.2, 0.25) is 5.91 Å². The SMILES string of the molecule is Cc1ccccc1C(=O)NC(C(=O)N(C)Cc1c(F)cccc1Cl)C(C)C. The van der Waals surface area contributed by atoms with Crippen molar-refractivity contribution in [1.29, 1.82) is 0 Å². The number of carbonyl (C=O) groups excluding carboxylic acids is 2. The summed E-state index contributed by atoms with van der Waals surface area (Å²) in [5.74, 6) is -1.21. The third-order valence-electron chi connectivity index (χ3n) is 4.44. The van der Waals surface area contributed by atoms with Crippen molar-refractivity contribution in [2.24, 2.45) is 5.92 Å². The monoisotopic (exact) mass is 390 g/mol. The van der Waals surface area contributed by atoms with E-state index in [0.29, 0.717) is 5.56 Å². The number of benzene rings is 2. The average molecular weight is 391 g/mol. The van der Waals surface area contributed by atoms with Crippen LogP contribution in [0.4, 0.5) is 4.39 Å². The summed E-state index contributed by atoms with van der Waals surface area (Å²) in [7, 11) is 1.57. The van der Waals surface area contributed by atoms with Crippen LogP contribution < -0.4 is 5.32 Å². The van der Waals surface area contributed by atoms with Gasteiger partial charge in [0.05, 0.1) is 0 Å². The maximum atomic E-state index is 14.0. The lowest BCUT2D eigenvalue weighted by atomic mass is 10.0. The molecule has 0 aromatic heterocycles. The molecule has 0 radical (unpaired) electrons.